The minimum Gasteiger partial charge on any atom is -0.480 e. The number of carboxylic acids is 1. The molecule has 2 atom stereocenters. The number of carbonyl (C=O) groups is 1. The van der Waals surface area contributed by atoms with Crippen molar-refractivity contribution in [3.63, 3.8) is 0 Å². The van der Waals surface area contributed by atoms with Gasteiger partial charge in [-0.1, -0.05) is 43.7 Å². The fourth-order valence-corrected chi connectivity index (χ4v) is 2.65. The van der Waals surface area contributed by atoms with Crippen molar-refractivity contribution in [2.24, 2.45) is 5.92 Å². The van der Waals surface area contributed by atoms with Crippen molar-refractivity contribution < 1.29 is 9.90 Å². The van der Waals surface area contributed by atoms with Gasteiger partial charge < -0.3 is 10.4 Å². The molecule has 0 aliphatic carbocycles. The second kappa shape index (κ2) is 5.35. The maximum Gasteiger partial charge on any atom is 0.326 e. The molecule has 1 aromatic carbocycles. The highest BCUT2D eigenvalue weighted by atomic mass is 32.1. The van der Waals surface area contributed by atoms with Crippen molar-refractivity contribution in [2.45, 2.75) is 26.3 Å². The van der Waals surface area contributed by atoms with Crippen LogP contribution >= 0.6 is 11.3 Å². The summed E-state index contributed by atoms with van der Waals surface area (Å²) in [6.07, 6.45) is 0.814. The van der Waals surface area contributed by atoms with E-state index in [-0.39, 0.29) is 5.92 Å². The molecule has 2 aromatic rings. The van der Waals surface area contributed by atoms with Gasteiger partial charge in [-0.3, -0.25) is 0 Å². The van der Waals surface area contributed by atoms with Gasteiger partial charge in [0, 0.05) is 0 Å². The lowest BCUT2D eigenvalue weighted by Gasteiger charge is -2.19. The summed E-state index contributed by atoms with van der Waals surface area (Å²) in [5, 5.41) is 12.9. The standard InChI is InChI=1S/C13H16N2O2S/c1-3-8(2)11(12(16)17)15-13-14-9-6-4-5-7-10(9)18-13/h4-8,11H,3H2,1-2H3,(H,14,15)(H,16,17)/t8-,11-/m0/s1. The average molecular weight is 264 g/mol. The summed E-state index contributed by atoms with van der Waals surface area (Å²) in [5.41, 5.74) is 0.901. The third kappa shape index (κ3) is 2.61. The molecule has 0 bridgehead atoms. The van der Waals surface area contributed by atoms with E-state index in [0.29, 0.717) is 5.13 Å². The van der Waals surface area contributed by atoms with Gasteiger partial charge in [-0.15, -0.1) is 0 Å². The van der Waals surface area contributed by atoms with Crippen molar-refractivity contribution in [1.82, 2.24) is 4.98 Å². The minimum atomic E-state index is -0.830. The fraction of sp³-hybridized carbons (Fsp3) is 0.385. The van der Waals surface area contributed by atoms with Gasteiger partial charge in [0.15, 0.2) is 5.13 Å². The third-order valence-corrected chi connectivity index (χ3v) is 4.02. The number of benzene rings is 1. The number of hydrogen-bond acceptors (Lipinski definition) is 4. The highest BCUT2D eigenvalue weighted by Gasteiger charge is 2.24. The molecular formula is C13H16N2O2S. The molecule has 0 saturated carbocycles. The van der Waals surface area contributed by atoms with Crippen LogP contribution in [0, 0.1) is 5.92 Å². The molecule has 1 heterocycles. The molecule has 0 aliphatic rings. The van der Waals surface area contributed by atoms with Crippen LogP contribution in [-0.4, -0.2) is 22.1 Å². The van der Waals surface area contributed by atoms with Crippen LogP contribution in [0.2, 0.25) is 0 Å². The van der Waals surface area contributed by atoms with Crippen LogP contribution in [0.1, 0.15) is 20.3 Å². The lowest BCUT2D eigenvalue weighted by Crippen LogP contribution is -2.35. The number of thiazole rings is 1. The van der Waals surface area contributed by atoms with Crippen LogP contribution < -0.4 is 5.32 Å². The Labute approximate surface area is 110 Å². The minimum absolute atomic E-state index is 0.0644. The molecule has 0 saturated heterocycles. The summed E-state index contributed by atoms with van der Waals surface area (Å²) >= 11 is 1.49. The topological polar surface area (TPSA) is 62.2 Å². The highest BCUT2D eigenvalue weighted by Crippen LogP contribution is 2.27. The summed E-state index contributed by atoms with van der Waals surface area (Å²) in [6.45, 7) is 3.92. The first-order valence-corrected chi connectivity index (χ1v) is 6.78. The summed E-state index contributed by atoms with van der Waals surface area (Å²) < 4.78 is 1.06. The molecule has 18 heavy (non-hydrogen) atoms. The number of nitrogens with zero attached hydrogens (tertiary/aromatic N) is 1. The van der Waals surface area contributed by atoms with Gasteiger partial charge in [0.1, 0.15) is 6.04 Å². The molecule has 0 spiro atoms. The first-order chi connectivity index (χ1) is 8.61. The second-order valence-corrected chi connectivity index (χ2v) is 5.36. The quantitative estimate of drug-likeness (QED) is 0.870. The number of hydrogen-bond donors (Lipinski definition) is 2. The van der Waals surface area contributed by atoms with E-state index in [1.165, 1.54) is 11.3 Å². The van der Waals surface area contributed by atoms with Gasteiger partial charge >= 0.3 is 5.97 Å². The molecule has 0 radical (unpaired) electrons. The van der Waals surface area contributed by atoms with Gasteiger partial charge in [-0.25, -0.2) is 9.78 Å². The number of nitrogens with one attached hydrogen (secondary N) is 1. The van der Waals surface area contributed by atoms with Crippen LogP contribution in [0.3, 0.4) is 0 Å². The third-order valence-electron chi connectivity index (χ3n) is 3.05. The van der Waals surface area contributed by atoms with Crippen LogP contribution in [0.25, 0.3) is 10.2 Å². The van der Waals surface area contributed by atoms with E-state index in [2.05, 4.69) is 10.3 Å². The van der Waals surface area contributed by atoms with E-state index in [4.69, 9.17) is 0 Å². The highest BCUT2D eigenvalue weighted by molar-refractivity contribution is 7.22. The Morgan fingerprint density at radius 2 is 2.22 bits per heavy atom. The Morgan fingerprint density at radius 1 is 1.50 bits per heavy atom. The molecule has 5 heteroatoms. The monoisotopic (exact) mass is 264 g/mol. The second-order valence-electron chi connectivity index (χ2n) is 4.33. The molecule has 2 rings (SSSR count). The van der Waals surface area contributed by atoms with Crippen molar-refractivity contribution in [2.75, 3.05) is 5.32 Å². The molecule has 0 unspecified atom stereocenters. The summed E-state index contributed by atoms with van der Waals surface area (Å²) in [4.78, 5) is 15.6. The van der Waals surface area contributed by atoms with Gasteiger partial charge in [0.25, 0.3) is 0 Å². The van der Waals surface area contributed by atoms with E-state index < -0.39 is 12.0 Å². The lowest BCUT2D eigenvalue weighted by atomic mass is 10.00. The Kier molecular flexibility index (Phi) is 3.81. The molecule has 0 aliphatic heterocycles. The van der Waals surface area contributed by atoms with Gasteiger partial charge in [0.2, 0.25) is 0 Å². The van der Waals surface area contributed by atoms with Gasteiger partial charge in [-0.05, 0) is 18.1 Å². The lowest BCUT2D eigenvalue weighted by molar-refractivity contribution is -0.139. The molecule has 96 valence electrons. The zero-order valence-corrected chi connectivity index (χ0v) is 11.2. The SMILES string of the molecule is CC[C@H](C)[C@H](Nc1nc2ccccc2s1)C(=O)O. The predicted molar refractivity (Wildman–Crippen MR) is 74.1 cm³/mol. The number of para-hydroxylation sites is 1. The van der Waals surface area contributed by atoms with Crippen LogP contribution in [0.4, 0.5) is 5.13 Å². The van der Waals surface area contributed by atoms with Gasteiger partial charge in [-0.2, -0.15) is 0 Å². The summed E-state index contributed by atoms with van der Waals surface area (Å²) in [6, 6.07) is 7.20. The van der Waals surface area contributed by atoms with E-state index in [9.17, 15) is 9.90 Å². The molecule has 1 aromatic heterocycles. The first-order valence-electron chi connectivity index (χ1n) is 5.96. The Bertz CT molecular complexity index is 520. The predicted octanol–water partition coefficient (Wildman–Crippen LogP) is 3.21. The number of carboxylic acid groups (broad SMARTS) is 1. The summed E-state index contributed by atoms with van der Waals surface area (Å²) in [7, 11) is 0. The number of fused-ring (bicyclic) bond motifs is 1. The van der Waals surface area contributed by atoms with Crippen LogP contribution in [0.15, 0.2) is 24.3 Å². The van der Waals surface area contributed by atoms with E-state index in [1.807, 2.05) is 38.1 Å². The van der Waals surface area contributed by atoms with Crippen LogP contribution in [0.5, 0.6) is 0 Å². The summed E-state index contributed by atoms with van der Waals surface area (Å²) in [5.74, 6) is -0.766. The molecule has 4 nitrogen and oxygen atoms in total. The Morgan fingerprint density at radius 3 is 2.83 bits per heavy atom. The van der Waals surface area contributed by atoms with Crippen molar-refractivity contribution in [1.29, 1.82) is 0 Å². The number of aromatic nitrogens is 1. The zero-order chi connectivity index (χ0) is 13.1. The van der Waals surface area contributed by atoms with E-state index in [0.717, 1.165) is 16.6 Å². The largest absolute Gasteiger partial charge is 0.480 e. The maximum atomic E-state index is 11.2. The number of anilines is 1. The average Bonchev–Trinajstić information content (AvgIpc) is 2.77. The zero-order valence-electron chi connectivity index (χ0n) is 10.4. The molecule has 0 fully saturated rings. The van der Waals surface area contributed by atoms with E-state index in [1.54, 1.807) is 0 Å². The first kappa shape index (κ1) is 12.8. The normalized spacial score (nSPS) is 14.3. The van der Waals surface area contributed by atoms with Gasteiger partial charge in [0.05, 0.1) is 10.2 Å². The molecule has 0 amide bonds. The number of aliphatic carboxylic acids is 1. The van der Waals surface area contributed by atoms with Crippen molar-refractivity contribution in [3.05, 3.63) is 24.3 Å². The smallest absolute Gasteiger partial charge is 0.326 e. The molecule has 2 N–H and O–H groups in total. The van der Waals surface area contributed by atoms with Crippen molar-refractivity contribution in [3.8, 4) is 0 Å². The van der Waals surface area contributed by atoms with E-state index >= 15 is 0 Å². The Hall–Kier alpha value is -1.62. The van der Waals surface area contributed by atoms with Crippen molar-refractivity contribution >= 4 is 32.7 Å². The maximum absolute atomic E-state index is 11.2. The Balaban J connectivity index is 2.23. The number of rotatable bonds is 5. The van der Waals surface area contributed by atoms with Crippen LogP contribution in [-0.2, 0) is 4.79 Å². The fourth-order valence-electron chi connectivity index (χ4n) is 1.75. The molecular weight excluding hydrogens is 248 g/mol.